The molecule has 4 nitrogen and oxygen atoms in total. The Hall–Kier alpha value is -2.40. The summed E-state index contributed by atoms with van der Waals surface area (Å²) in [5, 5.41) is 4.31. The van der Waals surface area contributed by atoms with E-state index in [1.807, 2.05) is 0 Å². The molecule has 0 aliphatic carbocycles. The van der Waals surface area contributed by atoms with Gasteiger partial charge in [0.15, 0.2) is 5.11 Å². The van der Waals surface area contributed by atoms with Crippen molar-refractivity contribution in [2.45, 2.75) is 39.0 Å². The highest BCUT2D eigenvalue weighted by Gasteiger charge is 2.25. The molecule has 1 aromatic heterocycles. The van der Waals surface area contributed by atoms with E-state index in [1.165, 1.54) is 16.7 Å². The van der Waals surface area contributed by atoms with Crippen LogP contribution in [0, 0.1) is 13.8 Å². The Bertz CT molecular complexity index is 924. The van der Waals surface area contributed by atoms with Gasteiger partial charge in [-0.25, -0.2) is 4.98 Å². The molecule has 1 aliphatic heterocycles. The molecule has 2 N–H and O–H groups in total. The number of hydrogen-bond acceptors (Lipinski definition) is 2. The average Bonchev–Trinajstić information content (AvgIpc) is 3.12. The lowest BCUT2D eigenvalue weighted by Crippen LogP contribution is -2.45. The number of aromatic amines is 1. The van der Waals surface area contributed by atoms with Gasteiger partial charge in [-0.05, 0) is 74.2 Å². The van der Waals surface area contributed by atoms with Crippen LogP contribution in [-0.4, -0.2) is 39.6 Å². The minimum Gasteiger partial charge on any atom is -0.362 e. The summed E-state index contributed by atoms with van der Waals surface area (Å²) >= 11 is 5.67. The molecule has 2 aromatic carbocycles. The molecule has 1 atom stereocenters. The summed E-state index contributed by atoms with van der Waals surface area (Å²) in [6.07, 6.45) is 3.28. The SMILES string of the molecule is Cc1cc2nc([C@@H]3CCCN(C(=S)NCCc4ccccc4)C3)[nH]c2cc1C. The fraction of sp³-hybridized carbons (Fsp3) is 0.391. The van der Waals surface area contributed by atoms with E-state index in [2.05, 4.69) is 71.5 Å². The molecule has 28 heavy (non-hydrogen) atoms. The smallest absolute Gasteiger partial charge is 0.168 e. The highest BCUT2D eigenvalue weighted by Crippen LogP contribution is 2.27. The zero-order valence-electron chi connectivity index (χ0n) is 16.7. The number of thiocarbonyl (C=S) groups is 1. The van der Waals surface area contributed by atoms with Gasteiger partial charge >= 0.3 is 0 Å². The second-order valence-corrected chi connectivity index (χ2v) is 8.22. The Morgan fingerprint density at radius 1 is 1.21 bits per heavy atom. The van der Waals surface area contributed by atoms with Gasteiger partial charge in [-0.15, -0.1) is 0 Å². The number of aryl methyl sites for hydroxylation is 2. The number of nitrogens with one attached hydrogen (secondary N) is 2. The monoisotopic (exact) mass is 392 g/mol. The topological polar surface area (TPSA) is 44.0 Å². The number of likely N-dealkylation sites (tertiary alicyclic amines) is 1. The minimum absolute atomic E-state index is 0.399. The lowest BCUT2D eigenvalue weighted by atomic mass is 9.98. The Labute approximate surface area is 172 Å². The van der Waals surface area contributed by atoms with Crippen LogP contribution in [0.2, 0.25) is 0 Å². The van der Waals surface area contributed by atoms with E-state index in [1.54, 1.807) is 0 Å². The molecular weight excluding hydrogens is 364 g/mol. The summed E-state index contributed by atoms with van der Waals surface area (Å²) in [4.78, 5) is 10.7. The van der Waals surface area contributed by atoms with E-state index in [0.717, 1.165) is 60.9 Å². The number of benzene rings is 2. The highest BCUT2D eigenvalue weighted by atomic mass is 32.1. The predicted molar refractivity (Wildman–Crippen MR) is 120 cm³/mol. The third-order valence-electron chi connectivity index (χ3n) is 5.74. The number of nitrogens with zero attached hydrogens (tertiary/aromatic N) is 2. The first kappa shape index (κ1) is 18.9. The summed E-state index contributed by atoms with van der Waals surface area (Å²) in [5.41, 5.74) is 6.14. The molecule has 4 rings (SSSR count). The van der Waals surface area contributed by atoms with Crippen molar-refractivity contribution in [1.82, 2.24) is 20.2 Å². The summed E-state index contributed by atoms with van der Waals surface area (Å²) < 4.78 is 0. The van der Waals surface area contributed by atoms with Crippen LogP contribution in [-0.2, 0) is 6.42 Å². The average molecular weight is 393 g/mol. The van der Waals surface area contributed by atoms with Crippen molar-refractivity contribution in [3.63, 3.8) is 0 Å². The maximum atomic E-state index is 5.67. The van der Waals surface area contributed by atoms with E-state index < -0.39 is 0 Å². The van der Waals surface area contributed by atoms with Gasteiger partial charge in [0, 0.05) is 25.6 Å². The molecule has 146 valence electrons. The molecule has 1 aliphatic rings. The van der Waals surface area contributed by atoms with Gasteiger partial charge in [0.25, 0.3) is 0 Å². The molecule has 0 saturated carbocycles. The number of hydrogen-bond donors (Lipinski definition) is 2. The van der Waals surface area contributed by atoms with Crippen LogP contribution in [0.25, 0.3) is 11.0 Å². The van der Waals surface area contributed by atoms with Crippen molar-refractivity contribution in [3.05, 3.63) is 65.0 Å². The van der Waals surface area contributed by atoms with Crippen molar-refractivity contribution >= 4 is 28.4 Å². The Balaban J connectivity index is 1.38. The van der Waals surface area contributed by atoms with Crippen molar-refractivity contribution in [2.75, 3.05) is 19.6 Å². The summed E-state index contributed by atoms with van der Waals surface area (Å²) in [5.74, 6) is 1.49. The second-order valence-electron chi connectivity index (χ2n) is 7.83. The molecule has 3 aromatic rings. The van der Waals surface area contributed by atoms with Crippen LogP contribution in [0.1, 0.15) is 41.3 Å². The maximum absolute atomic E-state index is 5.67. The van der Waals surface area contributed by atoms with Gasteiger partial charge in [0.2, 0.25) is 0 Å². The summed E-state index contributed by atoms with van der Waals surface area (Å²) in [6, 6.07) is 14.9. The fourth-order valence-electron chi connectivity index (χ4n) is 3.94. The Morgan fingerprint density at radius 3 is 2.82 bits per heavy atom. The molecular formula is C23H28N4S. The minimum atomic E-state index is 0.399. The second kappa shape index (κ2) is 8.31. The van der Waals surface area contributed by atoms with Crippen molar-refractivity contribution in [2.24, 2.45) is 0 Å². The quantitative estimate of drug-likeness (QED) is 0.643. The van der Waals surface area contributed by atoms with Crippen molar-refractivity contribution in [1.29, 1.82) is 0 Å². The molecule has 1 saturated heterocycles. The van der Waals surface area contributed by atoms with Gasteiger partial charge < -0.3 is 15.2 Å². The van der Waals surface area contributed by atoms with Crippen LogP contribution in [0.15, 0.2) is 42.5 Å². The molecule has 0 bridgehead atoms. The predicted octanol–water partition coefficient (Wildman–Crippen LogP) is 4.48. The Kier molecular flexibility index (Phi) is 5.62. The van der Waals surface area contributed by atoms with Gasteiger partial charge in [0.05, 0.1) is 11.0 Å². The zero-order valence-corrected chi connectivity index (χ0v) is 17.5. The Morgan fingerprint density at radius 2 is 2.00 bits per heavy atom. The third-order valence-corrected chi connectivity index (χ3v) is 6.15. The summed E-state index contributed by atoms with van der Waals surface area (Å²) in [6.45, 7) is 7.11. The number of H-pyrrole nitrogens is 1. The van der Waals surface area contributed by atoms with E-state index in [-0.39, 0.29) is 0 Å². The molecule has 0 spiro atoms. The van der Waals surface area contributed by atoms with Gasteiger partial charge in [0.1, 0.15) is 5.82 Å². The van der Waals surface area contributed by atoms with E-state index in [0.29, 0.717) is 5.92 Å². The highest BCUT2D eigenvalue weighted by molar-refractivity contribution is 7.80. The van der Waals surface area contributed by atoms with Crippen molar-refractivity contribution in [3.8, 4) is 0 Å². The maximum Gasteiger partial charge on any atom is 0.168 e. The number of imidazole rings is 1. The molecule has 5 heteroatoms. The third kappa shape index (κ3) is 4.20. The number of rotatable bonds is 4. The molecule has 0 radical (unpaired) electrons. The van der Waals surface area contributed by atoms with Crippen LogP contribution in [0.3, 0.4) is 0 Å². The van der Waals surface area contributed by atoms with Crippen LogP contribution in [0.5, 0.6) is 0 Å². The van der Waals surface area contributed by atoms with Gasteiger partial charge in [-0.2, -0.15) is 0 Å². The van der Waals surface area contributed by atoms with E-state index in [9.17, 15) is 0 Å². The van der Waals surface area contributed by atoms with Gasteiger partial charge in [-0.3, -0.25) is 0 Å². The van der Waals surface area contributed by atoms with E-state index >= 15 is 0 Å². The largest absolute Gasteiger partial charge is 0.362 e. The number of piperidine rings is 1. The first-order chi connectivity index (χ1) is 13.6. The molecule has 2 heterocycles. The fourth-order valence-corrected chi connectivity index (χ4v) is 4.21. The molecule has 1 fully saturated rings. The first-order valence-corrected chi connectivity index (χ1v) is 10.5. The summed E-state index contributed by atoms with van der Waals surface area (Å²) in [7, 11) is 0. The normalized spacial score (nSPS) is 17.1. The molecule has 0 amide bonds. The zero-order chi connectivity index (χ0) is 19.5. The number of aromatic nitrogens is 2. The van der Waals surface area contributed by atoms with E-state index in [4.69, 9.17) is 17.2 Å². The number of fused-ring (bicyclic) bond motifs is 1. The lowest BCUT2D eigenvalue weighted by molar-refractivity contribution is 0.300. The van der Waals surface area contributed by atoms with Crippen LogP contribution < -0.4 is 5.32 Å². The van der Waals surface area contributed by atoms with Crippen LogP contribution >= 0.6 is 12.2 Å². The van der Waals surface area contributed by atoms with Crippen LogP contribution in [0.4, 0.5) is 0 Å². The van der Waals surface area contributed by atoms with Crippen molar-refractivity contribution < 1.29 is 0 Å². The molecule has 0 unspecified atom stereocenters. The standard InChI is InChI=1S/C23H28N4S/c1-16-13-20-21(14-17(16)2)26-22(25-20)19-9-6-12-27(15-19)23(28)24-11-10-18-7-4-3-5-8-18/h3-5,7-8,13-14,19H,6,9-12,15H2,1-2H3,(H,24,28)(H,25,26)/t19-/m1/s1. The first-order valence-electron chi connectivity index (χ1n) is 10.1. The van der Waals surface area contributed by atoms with Gasteiger partial charge in [-0.1, -0.05) is 30.3 Å². The lowest BCUT2D eigenvalue weighted by Gasteiger charge is -2.33.